The van der Waals surface area contributed by atoms with Crippen molar-refractivity contribution in [3.05, 3.63) is 91.6 Å². The van der Waals surface area contributed by atoms with Crippen LogP contribution in [0.5, 0.6) is 0 Å². The van der Waals surface area contributed by atoms with Crippen molar-refractivity contribution in [3.8, 4) is 0 Å². The number of nitro benzene ring substituents is 1. The van der Waals surface area contributed by atoms with E-state index >= 15 is 0 Å². The number of hydrogen-bond acceptors (Lipinski definition) is 6. The van der Waals surface area contributed by atoms with Crippen LogP contribution < -0.4 is 0 Å². The Hall–Kier alpha value is -2.75. The minimum Gasteiger partial charge on any atom is -0.258 e. The predicted molar refractivity (Wildman–Crippen MR) is 112 cm³/mol. The highest BCUT2D eigenvalue weighted by Crippen LogP contribution is 2.39. The quantitative estimate of drug-likeness (QED) is 0.412. The monoisotopic (exact) mass is 447 g/mol. The van der Waals surface area contributed by atoms with E-state index in [1.807, 2.05) is 17.5 Å². The molecule has 10 heteroatoms. The van der Waals surface area contributed by atoms with Gasteiger partial charge in [0.25, 0.3) is 15.7 Å². The minimum absolute atomic E-state index is 0.0502. The molecule has 3 aromatic rings. The van der Waals surface area contributed by atoms with E-state index in [2.05, 4.69) is 5.10 Å². The molecule has 1 aliphatic heterocycles. The van der Waals surface area contributed by atoms with Gasteiger partial charge >= 0.3 is 0 Å². The zero-order valence-corrected chi connectivity index (χ0v) is 17.2. The van der Waals surface area contributed by atoms with Gasteiger partial charge in [-0.3, -0.25) is 10.1 Å². The second-order valence-corrected chi connectivity index (χ2v) is 9.53. The van der Waals surface area contributed by atoms with E-state index in [1.54, 1.807) is 24.3 Å². The maximum Gasteiger partial charge on any atom is 0.279 e. The summed E-state index contributed by atoms with van der Waals surface area (Å²) in [6.45, 7) is 0. The van der Waals surface area contributed by atoms with Gasteiger partial charge in [-0.05, 0) is 41.3 Å². The van der Waals surface area contributed by atoms with Crippen molar-refractivity contribution in [2.45, 2.75) is 17.4 Å². The molecule has 1 aromatic heterocycles. The van der Waals surface area contributed by atoms with Crippen molar-refractivity contribution in [2.75, 3.05) is 0 Å². The first-order valence-electron chi connectivity index (χ1n) is 8.52. The van der Waals surface area contributed by atoms with Crippen LogP contribution in [0.3, 0.4) is 0 Å². The summed E-state index contributed by atoms with van der Waals surface area (Å²) in [7, 11) is -4.00. The van der Waals surface area contributed by atoms with E-state index in [-0.39, 0.29) is 10.6 Å². The Morgan fingerprint density at radius 1 is 1.10 bits per heavy atom. The molecule has 4 rings (SSSR count). The number of rotatable bonds is 5. The highest BCUT2D eigenvalue weighted by Gasteiger charge is 2.38. The van der Waals surface area contributed by atoms with E-state index in [0.29, 0.717) is 17.2 Å². The van der Waals surface area contributed by atoms with E-state index < -0.39 is 21.0 Å². The number of hydrazone groups is 1. The smallest absolute Gasteiger partial charge is 0.258 e. The van der Waals surface area contributed by atoms with E-state index in [0.717, 1.165) is 14.9 Å². The molecule has 0 aliphatic carbocycles. The molecule has 0 bridgehead atoms. The van der Waals surface area contributed by atoms with Crippen molar-refractivity contribution < 1.29 is 13.3 Å². The summed E-state index contributed by atoms with van der Waals surface area (Å²) in [6.07, 6.45) is 0.411. The third-order valence-electron chi connectivity index (χ3n) is 4.51. The first-order valence-corrected chi connectivity index (χ1v) is 11.2. The fraction of sp³-hybridized carbons (Fsp3) is 0.105. The number of hydrogen-bond donors (Lipinski definition) is 0. The molecule has 2 aromatic carbocycles. The molecular formula is C19H14ClN3O4S2. The highest BCUT2D eigenvalue weighted by atomic mass is 35.5. The summed E-state index contributed by atoms with van der Waals surface area (Å²) in [6, 6.07) is 15.1. The van der Waals surface area contributed by atoms with Gasteiger partial charge in [0.05, 0.1) is 15.5 Å². The molecule has 0 fully saturated rings. The normalized spacial score (nSPS) is 16.7. The molecule has 1 atom stereocenters. The third-order valence-corrected chi connectivity index (χ3v) is 7.44. The Bertz CT molecular complexity index is 1180. The van der Waals surface area contributed by atoms with Crippen LogP contribution in [0.2, 0.25) is 5.02 Å². The first-order chi connectivity index (χ1) is 13.9. The number of nitrogens with zero attached hydrogens (tertiary/aromatic N) is 3. The number of nitro groups is 1. The highest BCUT2D eigenvalue weighted by molar-refractivity contribution is 7.89. The number of non-ortho nitro benzene ring substituents is 1. The van der Waals surface area contributed by atoms with Gasteiger partial charge in [0.15, 0.2) is 0 Å². The maximum absolute atomic E-state index is 13.3. The molecule has 7 nitrogen and oxygen atoms in total. The fourth-order valence-corrected chi connectivity index (χ4v) is 5.50. The molecule has 1 aliphatic rings. The van der Waals surface area contributed by atoms with Gasteiger partial charge in [-0.2, -0.15) is 17.9 Å². The SMILES string of the molecule is O=[N+]([O-])c1ccc(S(=O)(=O)N2N=C(c3ccc(Cl)cc3)CC2c2cccs2)cc1. The van der Waals surface area contributed by atoms with E-state index in [1.165, 1.54) is 35.6 Å². The molecule has 0 amide bonds. The van der Waals surface area contributed by atoms with Gasteiger partial charge in [0.2, 0.25) is 0 Å². The van der Waals surface area contributed by atoms with Gasteiger partial charge in [-0.25, -0.2) is 0 Å². The predicted octanol–water partition coefficient (Wildman–Crippen LogP) is 4.85. The molecule has 0 N–H and O–H groups in total. The van der Waals surface area contributed by atoms with Crippen molar-refractivity contribution in [1.29, 1.82) is 0 Å². The number of benzene rings is 2. The second kappa shape index (κ2) is 7.58. The molecule has 0 saturated carbocycles. The van der Waals surface area contributed by atoms with Crippen LogP contribution in [0.4, 0.5) is 5.69 Å². The summed E-state index contributed by atoms with van der Waals surface area (Å²) in [5, 5.41) is 17.8. The van der Waals surface area contributed by atoms with Crippen LogP contribution in [-0.4, -0.2) is 23.5 Å². The molecule has 2 heterocycles. The third kappa shape index (κ3) is 3.76. The zero-order valence-electron chi connectivity index (χ0n) is 14.8. The van der Waals surface area contributed by atoms with Crippen molar-refractivity contribution in [1.82, 2.24) is 4.41 Å². The lowest BCUT2D eigenvalue weighted by Gasteiger charge is -2.22. The first kappa shape index (κ1) is 19.6. The lowest BCUT2D eigenvalue weighted by molar-refractivity contribution is -0.384. The van der Waals surface area contributed by atoms with Crippen molar-refractivity contribution >= 4 is 44.4 Å². The van der Waals surface area contributed by atoms with Crippen LogP contribution in [0.25, 0.3) is 0 Å². The van der Waals surface area contributed by atoms with Gasteiger partial charge in [-0.1, -0.05) is 29.8 Å². The Balaban J connectivity index is 1.76. The van der Waals surface area contributed by atoms with Crippen molar-refractivity contribution in [2.24, 2.45) is 5.10 Å². The van der Waals surface area contributed by atoms with Crippen LogP contribution in [-0.2, 0) is 10.0 Å². The Morgan fingerprint density at radius 2 is 1.79 bits per heavy atom. The topological polar surface area (TPSA) is 92.9 Å². The molecule has 0 saturated heterocycles. The summed E-state index contributed by atoms with van der Waals surface area (Å²) < 4.78 is 27.7. The summed E-state index contributed by atoms with van der Waals surface area (Å²) in [5.41, 5.74) is 1.24. The fourth-order valence-electron chi connectivity index (χ4n) is 3.07. The molecular weight excluding hydrogens is 434 g/mol. The van der Waals surface area contributed by atoms with Gasteiger partial charge in [0.1, 0.15) is 6.04 Å². The molecule has 29 heavy (non-hydrogen) atoms. The van der Waals surface area contributed by atoms with Crippen LogP contribution in [0.1, 0.15) is 22.9 Å². The Labute approximate surface area is 176 Å². The molecule has 1 unspecified atom stereocenters. The van der Waals surface area contributed by atoms with Crippen LogP contribution >= 0.6 is 22.9 Å². The Kier molecular flexibility index (Phi) is 5.12. The summed E-state index contributed by atoms with van der Waals surface area (Å²) in [5.74, 6) is 0. The van der Waals surface area contributed by atoms with Gasteiger partial charge < -0.3 is 0 Å². The summed E-state index contributed by atoms with van der Waals surface area (Å²) in [4.78, 5) is 11.1. The largest absolute Gasteiger partial charge is 0.279 e. The maximum atomic E-state index is 13.3. The Morgan fingerprint density at radius 3 is 2.38 bits per heavy atom. The van der Waals surface area contributed by atoms with Crippen LogP contribution in [0, 0.1) is 10.1 Å². The number of halogens is 1. The minimum atomic E-state index is -4.00. The van der Waals surface area contributed by atoms with E-state index in [4.69, 9.17) is 11.6 Å². The molecule has 148 valence electrons. The van der Waals surface area contributed by atoms with Crippen LogP contribution in [0.15, 0.2) is 76.0 Å². The number of thiophene rings is 1. The zero-order chi connectivity index (χ0) is 20.6. The second-order valence-electron chi connectivity index (χ2n) is 6.32. The standard InChI is InChI=1S/C19H14ClN3O4S2/c20-14-5-3-13(4-6-14)17-12-18(19-2-1-11-28-19)22(21-17)29(26,27)16-9-7-15(8-10-16)23(24)25/h1-11,18H,12H2. The number of sulfonamides is 1. The van der Waals surface area contributed by atoms with Crippen molar-refractivity contribution in [3.63, 3.8) is 0 Å². The average Bonchev–Trinajstić information content (AvgIpc) is 3.38. The van der Waals surface area contributed by atoms with E-state index in [9.17, 15) is 18.5 Å². The molecule has 0 spiro atoms. The lowest BCUT2D eigenvalue weighted by atomic mass is 10.0. The lowest BCUT2D eigenvalue weighted by Crippen LogP contribution is -2.26. The average molecular weight is 448 g/mol. The summed E-state index contributed by atoms with van der Waals surface area (Å²) >= 11 is 7.40. The van der Waals surface area contributed by atoms with Gasteiger partial charge in [0, 0.05) is 28.5 Å². The molecule has 0 radical (unpaired) electrons. The van der Waals surface area contributed by atoms with Gasteiger partial charge in [-0.15, -0.1) is 11.3 Å².